The number of Topliss-reactive ketones (excluding diaryl/α,β-unsaturated/α-hetero) is 1. The molecule has 0 aromatic carbocycles. The molecule has 24 heavy (non-hydrogen) atoms. The Morgan fingerprint density at radius 1 is 1.04 bits per heavy atom. The van der Waals surface area contributed by atoms with E-state index in [9.17, 15) is 19.5 Å². The first-order chi connectivity index (χ1) is 11.3. The number of rotatable bonds is 14. The van der Waals surface area contributed by atoms with Gasteiger partial charge in [0.2, 0.25) is 5.91 Å². The fourth-order valence-corrected chi connectivity index (χ4v) is 2.61. The van der Waals surface area contributed by atoms with Crippen molar-refractivity contribution < 1.29 is 19.5 Å². The van der Waals surface area contributed by atoms with Gasteiger partial charge in [-0.25, -0.2) is 4.79 Å². The number of carboxylic acids is 1. The van der Waals surface area contributed by atoms with Gasteiger partial charge in [0.15, 0.2) is 11.8 Å². The predicted molar refractivity (Wildman–Crippen MR) is 93.4 cm³/mol. The van der Waals surface area contributed by atoms with Gasteiger partial charge in [0.1, 0.15) is 0 Å². The number of hydrogen-bond donors (Lipinski definition) is 4. The molecule has 0 unspecified atom stereocenters. The Hall–Kier alpha value is -1.47. The number of unbranched alkanes of at least 4 members (excludes halogenated alkanes) is 2. The standard InChI is InChI=1S/C17H33N3O4/c1-3-5-6-8-13(19)10-15(22)20-16(17(23)24)14(21)9-12(11-18)7-4-2/h12-13,16H,3-11,18-19H2,1-2H3,(H,20,22)(H,23,24)/t12-,13-,16-/m0/s1. The van der Waals surface area contributed by atoms with Gasteiger partial charge in [0.05, 0.1) is 0 Å². The zero-order chi connectivity index (χ0) is 18.5. The number of carbonyl (C=O) groups excluding carboxylic acids is 2. The summed E-state index contributed by atoms with van der Waals surface area (Å²) < 4.78 is 0. The highest BCUT2D eigenvalue weighted by molar-refractivity contribution is 6.05. The first-order valence-corrected chi connectivity index (χ1v) is 8.86. The van der Waals surface area contributed by atoms with E-state index in [0.29, 0.717) is 13.0 Å². The molecule has 3 atom stereocenters. The summed E-state index contributed by atoms with van der Waals surface area (Å²) in [6.07, 6.45) is 5.45. The second-order valence-electron chi connectivity index (χ2n) is 6.36. The van der Waals surface area contributed by atoms with Crippen LogP contribution in [0.2, 0.25) is 0 Å². The molecule has 0 bridgehead atoms. The maximum atomic E-state index is 12.2. The summed E-state index contributed by atoms with van der Waals surface area (Å²) in [6, 6.07) is -1.84. The number of hydrogen-bond acceptors (Lipinski definition) is 5. The van der Waals surface area contributed by atoms with Gasteiger partial charge < -0.3 is 21.9 Å². The van der Waals surface area contributed by atoms with Crippen molar-refractivity contribution in [1.82, 2.24) is 5.32 Å². The number of carboxylic acid groups (broad SMARTS) is 1. The Labute approximate surface area is 144 Å². The van der Waals surface area contributed by atoms with Crippen LogP contribution >= 0.6 is 0 Å². The molecule has 0 aliphatic heterocycles. The Morgan fingerprint density at radius 2 is 1.71 bits per heavy atom. The van der Waals surface area contributed by atoms with Crippen LogP contribution in [0, 0.1) is 5.92 Å². The van der Waals surface area contributed by atoms with Crippen molar-refractivity contribution in [2.75, 3.05) is 6.54 Å². The maximum absolute atomic E-state index is 12.2. The molecule has 0 aliphatic carbocycles. The van der Waals surface area contributed by atoms with Crippen LogP contribution < -0.4 is 16.8 Å². The highest BCUT2D eigenvalue weighted by Crippen LogP contribution is 2.12. The van der Waals surface area contributed by atoms with E-state index < -0.39 is 23.7 Å². The quantitative estimate of drug-likeness (QED) is 0.276. The number of nitrogens with one attached hydrogen (secondary N) is 1. The lowest BCUT2D eigenvalue weighted by atomic mass is 9.94. The summed E-state index contributed by atoms with van der Waals surface area (Å²) in [4.78, 5) is 35.4. The fourth-order valence-electron chi connectivity index (χ4n) is 2.61. The third-order valence-corrected chi connectivity index (χ3v) is 4.02. The van der Waals surface area contributed by atoms with E-state index in [-0.39, 0.29) is 24.8 Å². The van der Waals surface area contributed by atoms with Crippen molar-refractivity contribution in [3.05, 3.63) is 0 Å². The van der Waals surface area contributed by atoms with Crippen molar-refractivity contribution in [1.29, 1.82) is 0 Å². The third-order valence-electron chi connectivity index (χ3n) is 4.02. The monoisotopic (exact) mass is 343 g/mol. The Kier molecular flexibility index (Phi) is 12.1. The Balaban J connectivity index is 4.52. The molecule has 1 amide bonds. The lowest BCUT2D eigenvalue weighted by Gasteiger charge is -2.18. The van der Waals surface area contributed by atoms with Gasteiger partial charge in [-0.2, -0.15) is 0 Å². The maximum Gasteiger partial charge on any atom is 0.334 e. The molecular weight excluding hydrogens is 310 g/mol. The van der Waals surface area contributed by atoms with E-state index in [1.165, 1.54) is 0 Å². The van der Waals surface area contributed by atoms with Gasteiger partial charge in [-0.1, -0.05) is 39.5 Å². The summed E-state index contributed by atoms with van der Waals surface area (Å²) in [5.41, 5.74) is 11.5. The van der Waals surface area contributed by atoms with Gasteiger partial charge in [-0.3, -0.25) is 9.59 Å². The van der Waals surface area contributed by atoms with E-state index in [1.807, 2.05) is 6.92 Å². The van der Waals surface area contributed by atoms with Gasteiger partial charge in [0, 0.05) is 18.9 Å². The summed E-state index contributed by atoms with van der Waals surface area (Å²) in [6.45, 7) is 4.38. The zero-order valence-electron chi connectivity index (χ0n) is 14.9. The topological polar surface area (TPSA) is 136 Å². The minimum atomic E-state index is -1.52. The molecule has 0 rings (SSSR count). The lowest BCUT2D eigenvalue weighted by Crippen LogP contribution is -2.48. The van der Waals surface area contributed by atoms with Crippen molar-refractivity contribution >= 4 is 17.7 Å². The van der Waals surface area contributed by atoms with Gasteiger partial charge >= 0.3 is 5.97 Å². The Bertz CT molecular complexity index is 401. The average Bonchev–Trinajstić information content (AvgIpc) is 2.51. The van der Waals surface area contributed by atoms with Gasteiger partial charge in [-0.05, 0) is 25.3 Å². The molecule has 0 heterocycles. The molecule has 0 saturated carbocycles. The third kappa shape index (κ3) is 9.62. The average molecular weight is 343 g/mol. The zero-order valence-corrected chi connectivity index (χ0v) is 14.9. The summed E-state index contributed by atoms with van der Waals surface area (Å²) >= 11 is 0. The molecule has 0 fully saturated rings. The minimum Gasteiger partial charge on any atom is -0.479 e. The molecule has 0 aromatic heterocycles. The number of ketones is 1. The van der Waals surface area contributed by atoms with Crippen LogP contribution in [-0.2, 0) is 14.4 Å². The van der Waals surface area contributed by atoms with Crippen molar-refractivity contribution in [3.8, 4) is 0 Å². The van der Waals surface area contributed by atoms with Crippen LogP contribution in [0.4, 0.5) is 0 Å². The Morgan fingerprint density at radius 3 is 2.21 bits per heavy atom. The molecule has 7 heteroatoms. The van der Waals surface area contributed by atoms with E-state index in [2.05, 4.69) is 12.2 Å². The molecule has 140 valence electrons. The number of amides is 1. The molecule has 0 aliphatic rings. The molecule has 0 radical (unpaired) electrons. The second kappa shape index (κ2) is 12.9. The van der Waals surface area contributed by atoms with Crippen LogP contribution in [-0.4, -0.2) is 41.4 Å². The fraction of sp³-hybridized carbons (Fsp3) is 0.824. The van der Waals surface area contributed by atoms with Crippen molar-refractivity contribution in [3.63, 3.8) is 0 Å². The van der Waals surface area contributed by atoms with Crippen molar-refractivity contribution in [2.24, 2.45) is 17.4 Å². The summed E-state index contributed by atoms with van der Waals surface area (Å²) in [5.74, 6) is -2.42. The lowest BCUT2D eigenvalue weighted by molar-refractivity contribution is -0.146. The molecular formula is C17H33N3O4. The first kappa shape index (κ1) is 22.5. The highest BCUT2D eigenvalue weighted by Gasteiger charge is 2.29. The van der Waals surface area contributed by atoms with E-state index in [1.54, 1.807) is 0 Å². The molecule has 0 aromatic rings. The van der Waals surface area contributed by atoms with E-state index >= 15 is 0 Å². The normalized spacial score (nSPS) is 14.7. The largest absolute Gasteiger partial charge is 0.479 e. The molecule has 0 saturated heterocycles. The van der Waals surface area contributed by atoms with Crippen LogP contribution in [0.15, 0.2) is 0 Å². The van der Waals surface area contributed by atoms with E-state index in [4.69, 9.17) is 11.5 Å². The second-order valence-corrected chi connectivity index (χ2v) is 6.36. The predicted octanol–water partition coefficient (Wildman–Crippen LogP) is 1.19. The van der Waals surface area contributed by atoms with Gasteiger partial charge in [-0.15, -0.1) is 0 Å². The van der Waals surface area contributed by atoms with Crippen molar-refractivity contribution in [2.45, 2.75) is 77.3 Å². The summed E-state index contributed by atoms with van der Waals surface area (Å²) in [5, 5.41) is 11.5. The van der Waals surface area contributed by atoms with Crippen LogP contribution in [0.5, 0.6) is 0 Å². The highest BCUT2D eigenvalue weighted by atomic mass is 16.4. The summed E-state index contributed by atoms with van der Waals surface area (Å²) in [7, 11) is 0. The SMILES string of the molecule is CCCCC[C@H](N)CC(=O)N[C@H](C(=O)O)C(=O)C[C@@H](CN)CCC. The minimum absolute atomic E-state index is 0.0239. The van der Waals surface area contributed by atoms with E-state index in [0.717, 1.165) is 32.1 Å². The molecule has 6 N–H and O–H groups in total. The van der Waals surface area contributed by atoms with Crippen LogP contribution in [0.1, 0.15) is 65.2 Å². The number of carbonyl (C=O) groups is 3. The number of nitrogens with two attached hydrogens (primary N) is 2. The smallest absolute Gasteiger partial charge is 0.334 e. The molecule has 7 nitrogen and oxygen atoms in total. The van der Waals surface area contributed by atoms with Crippen LogP contribution in [0.3, 0.4) is 0 Å². The van der Waals surface area contributed by atoms with Crippen LogP contribution in [0.25, 0.3) is 0 Å². The molecule has 0 spiro atoms. The number of aliphatic carboxylic acids is 1. The van der Waals surface area contributed by atoms with Gasteiger partial charge in [0.25, 0.3) is 0 Å². The first-order valence-electron chi connectivity index (χ1n) is 8.86.